The number of furan rings is 1. The molecule has 102 valence electrons. The van der Waals surface area contributed by atoms with Gasteiger partial charge in [-0.3, -0.25) is 0 Å². The van der Waals surface area contributed by atoms with Crippen molar-refractivity contribution < 1.29 is 4.42 Å². The summed E-state index contributed by atoms with van der Waals surface area (Å²) < 4.78 is 5.50. The number of hydrogen-bond acceptors (Lipinski definition) is 3. The van der Waals surface area contributed by atoms with E-state index in [2.05, 4.69) is 24.4 Å². The first-order valence-electron chi connectivity index (χ1n) is 7.24. The van der Waals surface area contributed by atoms with Gasteiger partial charge in [-0.1, -0.05) is 6.92 Å². The molecular weight excluding hydrogens is 254 g/mol. The Bertz CT molecular complexity index is 491. The number of rotatable bonds is 5. The molecule has 0 amide bonds. The highest BCUT2D eigenvalue weighted by Crippen LogP contribution is 2.34. The summed E-state index contributed by atoms with van der Waals surface area (Å²) in [5, 5.41) is 3.60. The van der Waals surface area contributed by atoms with Crippen LogP contribution in [0, 0.1) is 0 Å². The van der Waals surface area contributed by atoms with E-state index in [1.807, 2.05) is 17.4 Å². The first-order valence-corrected chi connectivity index (χ1v) is 8.05. The molecule has 1 aliphatic rings. The molecule has 2 heterocycles. The van der Waals surface area contributed by atoms with Crippen molar-refractivity contribution in [1.29, 1.82) is 0 Å². The Balaban J connectivity index is 1.80. The van der Waals surface area contributed by atoms with Crippen molar-refractivity contribution in [2.45, 2.75) is 45.1 Å². The monoisotopic (exact) mass is 275 g/mol. The third-order valence-electron chi connectivity index (χ3n) is 3.80. The molecule has 1 unspecified atom stereocenters. The molecule has 1 atom stereocenters. The van der Waals surface area contributed by atoms with Crippen LogP contribution in [0.3, 0.4) is 0 Å². The van der Waals surface area contributed by atoms with Crippen LogP contribution in [0.1, 0.15) is 46.9 Å². The summed E-state index contributed by atoms with van der Waals surface area (Å²) in [6.45, 7) is 3.16. The lowest BCUT2D eigenvalue weighted by atomic mass is 9.98. The van der Waals surface area contributed by atoms with Gasteiger partial charge in [-0.05, 0) is 56.0 Å². The number of hydrogen-bond donors (Lipinski definition) is 1. The minimum atomic E-state index is 0.395. The zero-order chi connectivity index (χ0) is 13.1. The van der Waals surface area contributed by atoms with Crippen LogP contribution in [0.4, 0.5) is 0 Å². The summed E-state index contributed by atoms with van der Waals surface area (Å²) in [6, 6.07) is 6.86. The molecule has 0 fully saturated rings. The van der Waals surface area contributed by atoms with Crippen molar-refractivity contribution >= 4 is 11.3 Å². The van der Waals surface area contributed by atoms with E-state index in [0.29, 0.717) is 6.04 Å². The van der Waals surface area contributed by atoms with Gasteiger partial charge >= 0.3 is 0 Å². The van der Waals surface area contributed by atoms with E-state index in [4.69, 9.17) is 4.42 Å². The number of nitrogens with one attached hydrogen (secondary N) is 1. The third-order valence-corrected chi connectivity index (χ3v) is 5.15. The lowest BCUT2D eigenvalue weighted by molar-refractivity contribution is 0.458. The maximum atomic E-state index is 5.50. The van der Waals surface area contributed by atoms with Crippen molar-refractivity contribution in [2.75, 3.05) is 6.54 Å². The van der Waals surface area contributed by atoms with Gasteiger partial charge in [-0.2, -0.15) is 0 Å². The van der Waals surface area contributed by atoms with Gasteiger partial charge in [-0.15, -0.1) is 11.3 Å². The van der Waals surface area contributed by atoms with Crippen LogP contribution in [-0.4, -0.2) is 6.54 Å². The molecule has 2 nitrogen and oxygen atoms in total. The molecule has 0 saturated heterocycles. The van der Waals surface area contributed by atoms with E-state index in [-0.39, 0.29) is 0 Å². The highest BCUT2D eigenvalue weighted by Gasteiger charge is 2.19. The summed E-state index contributed by atoms with van der Waals surface area (Å²) in [7, 11) is 0. The highest BCUT2D eigenvalue weighted by atomic mass is 32.1. The van der Waals surface area contributed by atoms with Gasteiger partial charge in [0.1, 0.15) is 5.76 Å². The molecule has 1 N–H and O–H groups in total. The smallest absolute Gasteiger partial charge is 0.105 e. The van der Waals surface area contributed by atoms with Crippen molar-refractivity contribution in [2.24, 2.45) is 0 Å². The average Bonchev–Trinajstić information content (AvgIpc) is 3.06. The van der Waals surface area contributed by atoms with Crippen LogP contribution in [-0.2, 0) is 19.3 Å². The molecule has 2 aromatic rings. The Morgan fingerprint density at radius 1 is 1.37 bits per heavy atom. The normalized spacial score (nSPS) is 16.3. The van der Waals surface area contributed by atoms with Crippen molar-refractivity contribution in [1.82, 2.24) is 5.32 Å². The molecule has 0 radical (unpaired) electrons. The van der Waals surface area contributed by atoms with E-state index in [1.54, 1.807) is 16.7 Å². The minimum Gasteiger partial charge on any atom is -0.469 e. The lowest BCUT2D eigenvalue weighted by Crippen LogP contribution is -2.21. The molecule has 1 aliphatic carbocycles. The SMILES string of the molecule is CCNC(Cc1ccco1)c1cc2c(s1)CCCC2. The molecule has 0 spiro atoms. The number of likely N-dealkylation sites (N-methyl/N-ethyl adjacent to an activating group) is 1. The van der Waals surface area contributed by atoms with Gasteiger partial charge in [0, 0.05) is 22.2 Å². The van der Waals surface area contributed by atoms with Gasteiger partial charge < -0.3 is 9.73 Å². The molecular formula is C16H21NOS. The predicted octanol–water partition coefficient (Wildman–Crippen LogP) is 4.11. The van der Waals surface area contributed by atoms with Crippen LogP contribution in [0.5, 0.6) is 0 Å². The van der Waals surface area contributed by atoms with Crippen LogP contribution < -0.4 is 5.32 Å². The quantitative estimate of drug-likeness (QED) is 0.888. The van der Waals surface area contributed by atoms with E-state index < -0.39 is 0 Å². The minimum absolute atomic E-state index is 0.395. The van der Waals surface area contributed by atoms with Crippen molar-refractivity contribution in [3.63, 3.8) is 0 Å². The molecule has 2 aromatic heterocycles. The summed E-state index contributed by atoms with van der Waals surface area (Å²) in [5.41, 5.74) is 1.59. The Morgan fingerprint density at radius 2 is 2.26 bits per heavy atom. The Kier molecular flexibility index (Phi) is 4.04. The third kappa shape index (κ3) is 2.93. The lowest BCUT2D eigenvalue weighted by Gasteiger charge is -2.14. The van der Waals surface area contributed by atoms with Crippen LogP contribution in [0.25, 0.3) is 0 Å². The fraction of sp³-hybridized carbons (Fsp3) is 0.500. The maximum absolute atomic E-state index is 5.50. The van der Waals surface area contributed by atoms with Gasteiger partial charge in [0.25, 0.3) is 0 Å². The molecule has 3 heteroatoms. The number of thiophene rings is 1. The maximum Gasteiger partial charge on any atom is 0.105 e. The summed E-state index contributed by atoms with van der Waals surface area (Å²) in [5.74, 6) is 1.07. The van der Waals surface area contributed by atoms with E-state index in [0.717, 1.165) is 18.7 Å². The molecule has 0 bridgehead atoms. The van der Waals surface area contributed by atoms with Crippen molar-refractivity contribution in [3.8, 4) is 0 Å². The van der Waals surface area contributed by atoms with Gasteiger partial charge in [0.05, 0.1) is 6.26 Å². The largest absolute Gasteiger partial charge is 0.469 e. The predicted molar refractivity (Wildman–Crippen MR) is 79.8 cm³/mol. The van der Waals surface area contributed by atoms with Crippen LogP contribution in [0.15, 0.2) is 28.9 Å². The topological polar surface area (TPSA) is 25.2 Å². The van der Waals surface area contributed by atoms with E-state index >= 15 is 0 Å². The van der Waals surface area contributed by atoms with E-state index in [9.17, 15) is 0 Å². The van der Waals surface area contributed by atoms with Crippen molar-refractivity contribution in [3.05, 3.63) is 45.5 Å². The molecule has 19 heavy (non-hydrogen) atoms. The fourth-order valence-electron chi connectivity index (χ4n) is 2.84. The number of aryl methyl sites for hydroxylation is 2. The zero-order valence-electron chi connectivity index (χ0n) is 11.4. The first kappa shape index (κ1) is 12.9. The molecule has 0 aromatic carbocycles. The zero-order valence-corrected chi connectivity index (χ0v) is 12.3. The summed E-state index contributed by atoms with van der Waals surface area (Å²) >= 11 is 2.00. The van der Waals surface area contributed by atoms with E-state index in [1.165, 1.54) is 30.6 Å². The van der Waals surface area contributed by atoms with Gasteiger partial charge in [0.2, 0.25) is 0 Å². The Hall–Kier alpha value is -1.06. The highest BCUT2D eigenvalue weighted by molar-refractivity contribution is 7.12. The Labute approximate surface area is 118 Å². The van der Waals surface area contributed by atoms with Crippen LogP contribution in [0.2, 0.25) is 0 Å². The Morgan fingerprint density at radius 3 is 3.00 bits per heavy atom. The second-order valence-electron chi connectivity index (χ2n) is 5.20. The fourth-order valence-corrected chi connectivity index (χ4v) is 4.17. The average molecular weight is 275 g/mol. The molecule has 3 rings (SSSR count). The first-order chi connectivity index (χ1) is 9.36. The summed E-state index contributed by atoms with van der Waals surface area (Å²) in [4.78, 5) is 3.09. The summed E-state index contributed by atoms with van der Waals surface area (Å²) in [6.07, 6.45) is 7.97. The second-order valence-corrected chi connectivity index (χ2v) is 6.37. The number of fused-ring (bicyclic) bond motifs is 1. The van der Waals surface area contributed by atoms with Gasteiger partial charge in [0.15, 0.2) is 0 Å². The second kappa shape index (κ2) is 5.93. The van der Waals surface area contributed by atoms with Gasteiger partial charge in [-0.25, -0.2) is 0 Å². The molecule has 0 aliphatic heterocycles. The molecule has 0 saturated carbocycles. The standard InChI is InChI=1S/C16H21NOS/c1-2-17-14(11-13-7-5-9-18-13)16-10-12-6-3-4-8-15(12)19-16/h5,7,9-10,14,17H,2-4,6,8,11H2,1H3. The van der Waals surface area contributed by atoms with Crippen LogP contribution >= 0.6 is 11.3 Å².